The molecule has 3 heteroatoms. The Hall–Kier alpha value is -2.65. The van der Waals surface area contributed by atoms with Gasteiger partial charge < -0.3 is 5.32 Å². The Bertz CT molecular complexity index is 933. The zero-order valence-electron chi connectivity index (χ0n) is 14.6. The third-order valence-corrected chi connectivity index (χ3v) is 5.02. The number of aromatic nitrogens is 1. The van der Waals surface area contributed by atoms with Crippen LogP contribution >= 0.6 is 11.3 Å². The van der Waals surface area contributed by atoms with Crippen LogP contribution in [0.3, 0.4) is 0 Å². The topological polar surface area (TPSA) is 24.9 Å². The molecule has 0 spiro atoms. The van der Waals surface area contributed by atoms with Crippen LogP contribution in [0.25, 0.3) is 26.9 Å². The van der Waals surface area contributed by atoms with Crippen molar-refractivity contribution in [3.63, 3.8) is 0 Å². The van der Waals surface area contributed by atoms with E-state index in [-0.39, 0.29) is 0 Å². The van der Waals surface area contributed by atoms with Gasteiger partial charge in [-0.25, -0.2) is 4.98 Å². The average Bonchev–Trinajstić information content (AvgIpc) is 3.05. The van der Waals surface area contributed by atoms with Crippen LogP contribution in [-0.4, -0.2) is 11.5 Å². The lowest BCUT2D eigenvalue weighted by Gasteiger charge is -2.08. The maximum Gasteiger partial charge on any atom is 0.183 e. The first-order chi connectivity index (χ1) is 12.3. The predicted octanol–water partition coefficient (Wildman–Crippen LogP) is 6.54. The highest BCUT2D eigenvalue weighted by Gasteiger charge is 2.12. The number of nitrogens with zero attached hydrogens (tertiary/aromatic N) is 1. The first kappa shape index (κ1) is 17.2. The molecule has 0 aliphatic rings. The first-order valence-electron chi connectivity index (χ1n) is 8.46. The van der Waals surface area contributed by atoms with Gasteiger partial charge in [0.05, 0.1) is 10.2 Å². The molecule has 0 saturated carbocycles. The van der Waals surface area contributed by atoms with Crippen molar-refractivity contribution in [3.8, 4) is 11.1 Å². The van der Waals surface area contributed by atoms with Gasteiger partial charge in [-0.1, -0.05) is 72.6 Å². The van der Waals surface area contributed by atoms with Crippen LogP contribution in [0.15, 0.2) is 73.3 Å². The van der Waals surface area contributed by atoms with Crippen molar-refractivity contribution in [2.24, 2.45) is 0 Å². The van der Waals surface area contributed by atoms with Crippen molar-refractivity contribution in [2.45, 2.75) is 13.8 Å². The number of benzene rings is 2. The zero-order chi connectivity index (χ0) is 17.6. The molecular weight excluding hydrogens is 324 g/mol. The van der Waals surface area contributed by atoms with E-state index in [1.165, 1.54) is 21.4 Å². The molecule has 3 rings (SSSR count). The van der Waals surface area contributed by atoms with Crippen LogP contribution in [0.5, 0.6) is 0 Å². The summed E-state index contributed by atoms with van der Waals surface area (Å²) < 4.78 is 1.22. The number of allylic oxidation sites excluding steroid dienone is 5. The fourth-order valence-electron chi connectivity index (χ4n) is 2.79. The van der Waals surface area contributed by atoms with Crippen LogP contribution in [0.2, 0.25) is 0 Å². The van der Waals surface area contributed by atoms with E-state index in [9.17, 15) is 0 Å². The maximum atomic E-state index is 4.78. The molecule has 1 aromatic heterocycles. The lowest BCUT2D eigenvalue weighted by atomic mass is 9.98. The number of rotatable bonds is 6. The van der Waals surface area contributed by atoms with Gasteiger partial charge in [0.1, 0.15) is 0 Å². The van der Waals surface area contributed by atoms with Crippen LogP contribution in [0.1, 0.15) is 19.4 Å². The summed E-state index contributed by atoms with van der Waals surface area (Å²) in [7, 11) is 0. The molecule has 25 heavy (non-hydrogen) atoms. The minimum absolute atomic E-state index is 0.871. The summed E-state index contributed by atoms with van der Waals surface area (Å²) in [6.07, 6.45) is 7.97. The molecule has 0 aliphatic carbocycles. The summed E-state index contributed by atoms with van der Waals surface area (Å²) in [5.74, 6) is 0. The van der Waals surface area contributed by atoms with Crippen LogP contribution in [0, 0.1) is 0 Å². The van der Waals surface area contributed by atoms with E-state index in [0.717, 1.165) is 22.8 Å². The number of hydrogen-bond donors (Lipinski definition) is 1. The third-order valence-electron chi connectivity index (χ3n) is 3.96. The van der Waals surface area contributed by atoms with Crippen molar-refractivity contribution in [2.75, 3.05) is 11.9 Å². The molecule has 0 fully saturated rings. The predicted molar refractivity (Wildman–Crippen MR) is 112 cm³/mol. The highest BCUT2D eigenvalue weighted by molar-refractivity contribution is 7.22. The van der Waals surface area contributed by atoms with Gasteiger partial charge in [-0.05, 0) is 42.7 Å². The normalized spacial score (nSPS) is 12.0. The van der Waals surface area contributed by atoms with Crippen molar-refractivity contribution < 1.29 is 0 Å². The van der Waals surface area contributed by atoms with Gasteiger partial charge >= 0.3 is 0 Å². The maximum absolute atomic E-state index is 4.78. The molecule has 0 atom stereocenters. The third kappa shape index (κ3) is 3.72. The Kier molecular flexibility index (Phi) is 5.46. The van der Waals surface area contributed by atoms with E-state index in [4.69, 9.17) is 4.98 Å². The summed E-state index contributed by atoms with van der Waals surface area (Å²) in [5.41, 5.74) is 5.80. The van der Waals surface area contributed by atoms with Crippen molar-refractivity contribution in [3.05, 3.63) is 78.9 Å². The van der Waals surface area contributed by atoms with Crippen molar-refractivity contribution in [1.82, 2.24) is 4.98 Å². The Labute approximate surface area is 153 Å². The zero-order valence-corrected chi connectivity index (χ0v) is 15.4. The minimum atomic E-state index is 0.871. The molecule has 0 bridgehead atoms. The quantitative estimate of drug-likeness (QED) is 0.512. The van der Waals surface area contributed by atoms with Gasteiger partial charge in [0, 0.05) is 12.1 Å². The number of anilines is 1. The molecule has 126 valence electrons. The van der Waals surface area contributed by atoms with Crippen molar-refractivity contribution in [1.29, 1.82) is 0 Å². The van der Waals surface area contributed by atoms with Crippen LogP contribution in [-0.2, 0) is 0 Å². The lowest BCUT2D eigenvalue weighted by Crippen LogP contribution is -1.94. The Morgan fingerprint density at radius 2 is 2.04 bits per heavy atom. The number of hydrogen-bond acceptors (Lipinski definition) is 3. The van der Waals surface area contributed by atoms with Crippen LogP contribution in [0.4, 0.5) is 5.13 Å². The van der Waals surface area contributed by atoms with Gasteiger partial charge in [-0.3, -0.25) is 0 Å². The number of fused-ring (bicyclic) bond motifs is 1. The van der Waals surface area contributed by atoms with Gasteiger partial charge in [-0.2, -0.15) is 0 Å². The van der Waals surface area contributed by atoms with Gasteiger partial charge in [-0.15, -0.1) is 0 Å². The minimum Gasteiger partial charge on any atom is -0.362 e. The molecule has 1 heterocycles. The Balaban J connectivity index is 2.23. The molecule has 0 amide bonds. The SMILES string of the molecule is C=C/C=C\C(=C/C)c1cc(-c2ccccc2)c2sc(NCC)nc2c1. The molecule has 2 nitrogen and oxygen atoms in total. The highest BCUT2D eigenvalue weighted by Crippen LogP contribution is 2.37. The standard InChI is InChI=1S/C22H22N2S/c1-4-7-11-16(5-2)18-14-19(17-12-9-8-10-13-17)21-20(15-18)24-22(25-21)23-6-3/h4-5,7-15H,1,6H2,2-3H3,(H,23,24)/b11-7-,16-5+. The molecular formula is C22H22N2S. The fraction of sp³-hybridized carbons (Fsp3) is 0.136. The molecule has 2 aromatic carbocycles. The van der Waals surface area contributed by atoms with Gasteiger partial charge in [0.2, 0.25) is 0 Å². The summed E-state index contributed by atoms with van der Waals surface area (Å²) >= 11 is 1.71. The smallest absolute Gasteiger partial charge is 0.183 e. The monoisotopic (exact) mass is 346 g/mol. The fourth-order valence-corrected chi connectivity index (χ4v) is 3.84. The second-order valence-electron chi connectivity index (χ2n) is 5.63. The number of nitrogens with one attached hydrogen (secondary N) is 1. The summed E-state index contributed by atoms with van der Waals surface area (Å²) in [5, 5.41) is 4.31. The number of thiazole rings is 1. The molecule has 0 radical (unpaired) electrons. The van der Waals surface area contributed by atoms with E-state index in [1.54, 1.807) is 17.4 Å². The first-order valence-corrected chi connectivity index (χ1v) is 9.28. The Morgan fingerprint density at radius 3 is 2.72 bits per heavy atom. The van der Waals surface area contributed by atoms with E-state index in [0.29, 0.717) is 0 Å². The van der Waals surface area contributed by atoms with Crippen molar-refractivity contribution >= 4 is 32.3 Å². The van der Waals surface area contributed by atoms with E-state index in [2.05, 4.69) is 74.3 Å². The molecule has 1 N–H and O–H groups in total. The summed E-state index contributed by atoms with van der Waals surface area (Å²) in [6.45, 7) is 8.78. The lowest BCUT2D eigenvalue weighted by molar-refractivity contribution is 1.20. The average molecular weight is 346 g/mol. The molecule has 0 saturated heterocycles. The second kappa shape index (κ2) is 7.95. The van der Waals surface area contributed by atoms with E-state index < -0.39 is 0 Å². The molecule has 0 unspecified atom stereocenters. The van der Waals surface area contributed by atoms with Gasteiger partial charge in [0.15, 0.2) is 5.13 Å². The van der Waals surface area contributed by atoms with Gasteiger partial charge in [0.25, 0.3) is 0 Å². The van der Waals surface area contributed by atoms with E-state index >= 15 is 0 Å². The van der Waals surface area contributed by atoms with Crippen LogP contribution < -0.4 is 5.32 Å². The largest absolute Gasteiger partial charge is 0.362 e. The Morgan fingerprint density at radius 1 is 1.24 bits per heavy atom. The van der Waals surface area contributed by atoms with E-state index in [1.807, 2.05) is 12.1 Å². The highest BCUT2D eigenvalue weighted by atomic mass is 32.1. The summed E-state index contributed by atoms with van der Waals surface area (Å²) in [6, 6.07) is 14.9. The molecule has 0 aliphatic heterocycles. The molecule has 3 aromatic rings. The second-order valence-corrected chi connectivity index (χ2v) is 6.63. The summed E-state index contributed by atoms with van der Waals surface area (Å²) in [4.78, 5) is 4.78.